The van der Waals surface area contributed by atoms with Crippen molar-refractivity contribution >= 4 is 17.6 Å². The number of rotatable bonds is 4. The van der Waals surface area contributed by atoms with E-state index in [1.165, 1.54) is 10.9 Å². The van der Waals surface area contributed by atoms with Gasteiger partial charge in [0, 0.05) is 24.3 Å². The van der Waals surface area contributed by atoms with Crippen LogP contribution >= 0.6 is 0 Å². The van der Waals surface area contributed by atoms with Crippen molar-refractivity contribution in [3.8, 4) is 0 Å². The predicted octanol–water partition coefficient (Wildman–Crippen LogP) is 0.857. The molecule has 0 radical (unpaired) electrons. The van der Waals surface area contributed by atoms with Crippen molar-refractivity contribution in [3.05, 3.63) is 35.9 Å². The Kier molecular flexibility index (Phi) is 3.13. The summed E-state index contributed by atoms with van der Waals surface area (Å²) < 4.78 is 1.45. The minimum atomic E-state index is -1.08. The lowest BCUT2D eigenvalue weighted by Crippen LogP contribution is -2.20. The third kappa shape index (κ3) is 2.40. The van der Waals surface area contributed by atoms with Crippen molar-refractivity contribution in [2.24, 2.45) is 0 Å². The number of aromatic nitrogens is 3. The topological polar surface area (TPSA) is 100 Å². The van der Waals surface area contributed by atoms with E-state index in [1.54, 1.807) is 25.4 Å². The molecule has 0 saturated heterocycles. The molecule has 0 aliphatic heterocycles. The van der Waals surface area contributed by atoms with Gasteiger partial charge in [-0.3, -0.25) is 9.48 Å². The molecule has 1 amide bonds. The van der Waals surface area contributed by atoms with Crippen LogP contribution in [0.2, 0.25) is 0 Å². The number of carboxylic acid groups (broad SMARTS) is 1. The zero-order valence-corrected chi connectivity index (χ0v) is 9.67. The Morgan fingerprint density at radius 1 is 1.56 bits per heavy atom. The Morgan fingerprint density at radius 3 is 2.94 bits per heavy atom. The van der Waals surface area contributed by atoms with Crippen LogP contribution in [-0.4, -0.2) is 31.7 Å². The van der Waals surface area contributed by atoms with E-state index >= 15 is 0 Å². The van der Waals surface area contributed by atoms with Crippen LogP contribution in [0.3, 0.4) is 0 Å². The molecule has 18 heavy (non-hydrogen) atoms. The molecule has 0 bridgehead atoms. The number of carbonyl (C=O) groups excluding carboxylic acids is 1. The summed E-state index contributed by atoms with van der Waals surface area (Å²) >= 11 is 0. The Hall–Kier alpha value is -2.57. The average molecular weight is 248 g/mol. The molecular formula is C11H12N4O3. The largest absolute Gasteiger partial charge is 0.478 e. The SMILES string of the molecule is Cc1[nH]cc(NC(=O)Cn2cccn2)c1C(=O)O. The third-order valence-electron chi connectivity index (χ3n) is 2.43. The number of nitrogens with zero attached hydrogens (tertiary/aromatic N) is 2. The summed E-state index contributed by atoms with van der Waals surface area (Å²) in [6.45, 7) is 1.67. The van der Waals surface area contributed by atoms with Crippen molar-refractivity contribution in [2.45, 2.75) is 13.5 Å². The molecular weight excluding hydrogens is 236 g/mol. The highest BCUT2D eigenvalue weighted by atomic mass is 16.4. The van der Waals surface area contributed by atoms with Crippen LogP contribution in [0.1, 0.15) is 16.1 Å². The van der Waals surface area contributed by atoms with Crippen LogP contribution in [-0.2, 0) is 11.3 Å². The first-order valence-electron chi connectivity index (χ1n) is 5.26. The standard InChI is InChI=1S/C11H12N4O3/c1-7-10(11(17)18)8(5-12-7)14-9(16)6-15-4-2-3-13-15/h2-5,12H,6H2,1H3,(H,14,16)(H,17,18). The third-order valence-corrected chi connectivity index (χ3v) is 2.43. The fourth-order valence-electron chi connectivity index (χ4n) is 1.63. The molecule has 3 N–H and O–H groups in total. The lowest BCUT2D eigenvalue weighted by atomic mass is 10.2. The van der Waals surface area contributed by atoms with Crippen LogP contribution < -0.4 is 5.32 Å². The number of aromatic carboxylic acids is 1. The lowest BCUT2D eigenvalue weighted by Gasteiger charge is -2.04. The highest BCUT2D eigenvalue weighted by Gasteiger charge is 2.17. The van der Waals surface area contributed by atoms with Crippen molar-refractivity contribution in [1.29, 1.82) is 0 Å². The molecule has 2 heterocycles. The summed E-state index contributed by atoms with van der Waals surface area (Å²) in [5.74, 6) is -1.41. The molecule has 0 atom stereocenters. The van der Waals surface area contributed by atoms with E-state index in [0.29, 0.717) is 5.69 Å². The highest BCUT2D eigenvalue weighted by molar-refractivity contribution is 6.01. The monoisotopic (exact) mass is 248 g/mol. The van der Waals surface area contributed by atoms with Crippen molar-refractivity contribution < 1.29 is 14.7 Å². The van der Waals surface area contributed by atoms with E-state index in [4.69, 9.17) is 5.11 Å². The number of hydrogen-bond donors (Lipinski definition) is 3. The molecule has 0 saturated carbocycles. The molecule has 2 aromatic heterocycles. The van der Waals surface area contributed by atoms with Crippen LogP contribution in [0.5, 0.6) is 0 Å². The molecule has 0 aliphatic rings. The summed E-state index contributed by atoms with van der Waals surface area (Å²) in [6, 6.07) is 1.70. The Balaban J connectivity index is 2.10. The van der Waals surface area contributed by atoms with Gasteiger partial charge < -0.3 is 15.4 Å². The first-order valence-corrected chi connectivity index (χ1v) is 5.26. The summed E-state index contributed by atoms with van der Waals surface area (Å²) in [7, 11) is 0. The Labute approximate surface area is 102 Å². The molecule has 2 rings (SSSR count). The van der Waals surface area contributed by atoms with Crippen LogP contribution in [0.25, 0.3) is 0 Å². The Morgan fingerprint density at radius 2 is 2.33 bits per heavy atom. The molecule has 2 aromatic rings. The van der Waals surface area contributed by atoms with Gasteiger partial charge in [-0.05, 0) is 13.0 Å². The fourth-order valence-corrected chi connectivity index (χ4v) is 1.63. The Bertz CT molecular complexity index is 571. The van der Waals surface area contributed by atoms with Gasteiger partial charge >= 0.3 is 5.97 Å². The number of H-pyrrole nitrogens is 1. The van der Waals surface area contributed by atoms with E-state index in [0.717, 1.165) is 0 Å². The van der Waals surface area contributed by atoms with E-state index in [-0.39, 0.29) is 23.7 Å². The number of amides is 1. The maximum absolute atomic E-state index is 11.7. The molecule has 0 fully saturated rings. The number of anilines is 1. The minimum absolute atomic E-state index is 0.0380. The maximum atomic E-state index is 11.7. The van der Waals surface area contributed by atoms with Crippen molar-refractivity contribution in [3.63, 3.8) is 0 Å². The van der Waals surface area contributed by atoms with E-state index in [2.05, 4.69) is 15.4 Å². The number of aryl methyl sites for hydroxylation is 1. The lowest BCUT2D eigenvalue weighted by molar-refractivity contribution is -0.116. The first kappa shape index (κ1) is 11.9. The maximum Gasteiger partial charge on any atom is 0.339 e. The molecule has 0 unspecified atom stereocenters. The number of nitrogens with one attached hydrogen (secondary N) is 2. The highest BCUT2D eigenvalue weighted by Crippen LogP contribution is 2.18. The fraction of sp³-hybridized carbons (Fsp3) is 0.182. The summed E-state index contributed by atoms with van der Waals surface area (Å²) in [6.07, 6.45) is 4.68. The van der Waals surface area contributed by atoms with Gasteiger partial charge in [-0.1, -0.05) is 0 Å². The van der Waals surface area contributed by atoms with E-state index in [9.17, 15) is 9.59 Å². The number of hydrogen-bond acceptors (Lipinski definition) is 3. The van der Waals surface area contributed by atoms with Gasteiger partial charge in [-0.25, -0.2) is 4.79 Å². The minimum Gasteiger partial charge on any atom is -0.478 e. The van der Waals surface area contributed by atoms with Crippen LogP contribution in [0.4, 0.5) is 5.69 Å². The van der Waals surface area contributed by atoms with Gasteiger partial charge in [0.15, 0.2) is 0 Å². The zero-order chi connectivity index (χ0) is 13.1. The van der Waals surface area contributed by atoms with Gasteiger partial charge in [-0.2, -0.15) is 5.10 Å². The predicted molar refractivity (Wildman–Crippen MR) is 63.3 cm³/mol. The molecule has 7 nitrogen and oxygen atoms in total. The van der Waals surface area contributed by atoms with Gasteiger partial charge in [0.2, 0.25) is 5.91 Å². The van der Waals surface area contributed by atoms with E-state index < -0.39 is 5.97 Å². The molecule has 7 heteroatoms. The van der Waals surface area contributed by atoms with Gasteiger partial charge in [0.05, 0.1) is 5.69 Å². The van der Waals surface area contributed by atoms with Crippen LogP contribution in [0.15, 0.2) is 24.7 Å². The molecule has 0 aliphatic carbocycles. The van der Waals surface area contributed by atoms with Gasteiger partial charge in [0.25, 0.3) is 0 Å². The molecule has 0 spiro atoms. The van der Waals surface area contributed by atoms with Gasteiger partial charge in [-0.15, -0.1) is 0 Å². The second-order valence-electron chi connectivity index (χ2n) is 3.76. The van der Waals surface area contributed by atoms with Gasteiger partial charge in [0.1, 0.15) is 12.1 Å². The number of carbonyl (C=O) groups is 2. The summed E-state index contributed by atoms with van der Waals surface area (Å²) in [5.41, 5.74) is 0.831. The number of aromatic amines is 1. The molecule has 0 aromatic carbocycles. The van der Waals surface area contributed by atoms with Crippen molar-refractivity contribution in [1.82, 2.24) is 14.8 Å². The second kappa shape index (κ2) is 4.74. The first-order chi connectivity index (χ1) is 8.58. The number of carboxylic acids is 1. The van der Waals surface area contributed by atoms with Crippen LogP contribution in [0, 0.1) is 6.92 Å². The summed E-state index contributed by atoms with van der Waals surface area (Å²) in [4.78, 5) is 25.5. The quantitative estimate of drug-likeness (QED) is 0.746. The van der Waals surface area contributed by atoms with E-state index in [1.807, 2.05) is 0 Å². The normalized spacial score (nSPS) is 10.3. The average Bonchev–Trinajstić information content (AvgIpc) is 2.88. The second-order valence-corrected chi connectivity index (χ2v) is 3.76. The van der Waals surface area contributed by atoms with Crippen molar-refractivity contribution in [2.75, 3.05) is 5.32 Å². The smallest absolute Gasteiger partial charge is 0.339 e. The molecule has 94 valence electrons. The summed E-state index contributed by atoms with van der Waals surface area (Å²) in [5, 5.41) is 15.4. The zero-order valence-electron chi connectivity index (χ0n) is 9.67.